The third kappa shape index (κ3) is 20.5. The van der Waals surface area contributed by atoms with Crippen LogP contribution in [0.4, 0.5) is 27.7 Å². The molecule has 27 nitrogen and oxygen atoms in total. The standard InChI is InChI=1S/C24H31N5O2S.C24H29N5O.C23H28ClN5O2S.C23H28FN5O2S/c1-16-8-17(4-7-32(2,30)31)10-19(9-16)21-14-29(24-22(21)23(25)26-15-27-24)20-11-18(12-20)13-28-5-3-6-28;1-16(30)6-7-17-4-2-5-19(10-17)21-14-29(24-22(21)23(25)26-15-27-24)20-11-18(12-20)13-28-8-3-9-28;2*1-32(30,31)6-3-15-7-17(11-18(24)8-15)20-13-29(23-21(20)22(25)26-14-27-23)19-9-16(10-19)12-28-4-2-5-28/h8-10,14-15,18,20H,3-7,11-13H2,1-2H3,(H2,25,26,27);2,4-5,10,14-15,18,20H,3,6-9,11-13H2,1H3,(H2,25,26,27);2*7-8,11,13-14,16,19H,2-6,9-10,12H2,1H3,(H2,25,26,27). The molecule has 0 spiro atoms. The molecule has 4 saturated heterocycles. The zero-order chi connectivity index (χ0) is 88.0. The zero-order valence-corrected chi connectivity index (χ0v) is 75.9. The number of aryl methyl sites for hydroxylation is 5. The highest BCUT2D eigenvalue weighted by molar-refractivity contribution is 7.91. The first-order valence-corrected chi connectivity index (χ1v) is 51.1. The van der Waals surface area contributed by atoms with Gasteiger partial charge in [-0.3, -0.25) is 0 Å². The Morgan fingerprint density at radius 3 is 1.03 bits per heavy atom. The van der Waals surface area contributed by atoms with Crippen LogP contribution in [0.15, 0.2) is 129 Å². The number of nitrogens with two attached hydrogens (primary N) is 4. The number of benzene rings is 4. The number of aromatic nitrogens is 12. The van der Waals surface area contributed by atoms with Crippen LogP contribution in [0.25, 0.3) is 88.6 Å². The molecule has 8 aromatic heterocycles. The van der Waals surface area contributed by atoms with Gasteiger partial charge < -0.3 is 65.6 Å². The van der Waals surface area contributed by atoms with Gasteiger partial charge in [-0.2, -0.15) is 0 Å². The first kappa shape index (κ1) is 88.2. The summed E-state index contributed by atoms with van der Waals surface area (Å²) in [6, 6.07) is 26.7. The number of nitrogen functional groups attached to an aromatic ring is 4. The maximum atomic E-state index is 14.5. The van der Waals surface area contributed by atoms with E-state index in [1.165, 1.54) is 154 Å². The topological polar surface area (TPSA) is 359 Å². The molecule has 126 heavy (non-hydrogen) atoms. The number of fused-ring (bicyclic) bond motifs is 4. The van der Waals surface area contributed by atoms with Crippen molar-refractivity contribution < 1.29 is 34.4 Å². The minimum atomic E-state index is -3.14. The van der Waals surface area contributed by atoms with Crippen molar-refractivity contribution in [2.45, 2.75) is 147 Å². The molecule has 0 bridgehead atoms. The van der Waals surface area contributed by atoms with Gasteiger partial charge >= 0.3 is 0 Å². The van der Waals surface area contributed by atoms with E-state index in [0.717, 1.165) is 175 Å². The molecule has 12 heterocycles. The lowest BCUT2D eigenvalue weighted by atomic mass is 9.79. The van der Waals surface area contributed by atoms with Gasteiger partial charge in [-0.05, 0) is 261 Å². The SMILES string of the molecule is CC(=O)CCc1cccc(-c2cn(C3CC(CN4CCC4)C3)c3ncnc(N)c23)c1.CS(=O)(=O)CCc1cc(Cl)cc(-c2cn(C3CC(CN4CCC4)C3)c3ncnc(N)c23)c1.CS(=O)(=O)CCc1cc(F)cc(-c2cn(C3CC(CN4CCC4)C3)c3ncnc(N)c23)c1.Cc1cc(CCS(C)(=O)=O)cc(-c2cn(C3CC(CN4CCC4)C3)c3ncnc(N)c23)c1. The van der Waals surface area contributed by atoms with E-state index in [9.17, 15) is 34.4 Å². The van der Waals surface area contributed by atoms with E-state index in [1.54, 1.807) is 19.6 Å². The van der Waals surface area contributed by atoms with E-state index in [1.807, 2.05) is 37.4 Å². The summed E-state index contributed by atoms with van der Waals surface area (Å²) in [5.41, 5.74) is 40.9. The highest BCUT2D eigenvalue weighted by Gasteiger charge is 2.40. The Balaban J connectivity index is 0.000000119. The van der Waals surface area contributed by atoms with Crippen LogP contribution >= 0.6 is 11.6 Å². The number of hydrogen-bond donors (Lipinski definition) is 4. The van der Waals surface area contributed by atoms with E-state index in [2.05, 4.69) is 139 Å². The number of ketones is 1. The monoisotopic (exact) mass is 1790 g/mol. The maximum absolute atomic E-state index is 14.5. The van der Waals surface area contributed by atoms with E-state index in [4.69, 9.17) is 34.5 Å². The van der Waals surface area contributed by atoms with Crippen molar-refractivity contribution in [1.29, 1.82) is 0 Å². The van der Waals surface area contributed by atoms with E-state index >= 15 is 0 Å². The predicted molar refractivity (Wildman–Crippen MR) is 500 cm³/mol. The fourth-order valence-corrected chi connectivity index (χ4v) is 21.7. The van der Waals surface area contributed by atoms with Gasteiger partial charge in [-0.25, -0.2) is 69.5 Å². The summed E-state index contributed by atoms with van der Waals surface area (Å²) in [7, 11) is -9.21. The molecular formula is C94H116ClFN20O7S3. The second-order valence-electron chi connectivity index (χ2n) is 37.2. The van der Waals surface area contributed by atoms with Crippen molar-refractivity contribution in [2.24, 2.45) is 23.7 Å². The molecule has 666 valence electrons. The summed E-state index contributed by atoms with van der Waals surface area (Å²) >= 11 is 6.41. The van der Waals surface area contributed by atoms with Gasteiger partial charge in [0.1, 0.15) is 112 Å². The van der Waals surface area contributed by atoms with E-state index < -0.39 is 35.3 Å². The third-order valence-corrected chi connectivity index (χ3v) is 30.2. The summed E-state index contributed by atoms with van der Waals surface area (Å²) in [4.78, 5) is 56.7. The molecular weight excluding hydrogens is 1670 g/mol. The van der Waals surface area contributed by atoms with Crippen molar-refractivity contribution in [1.82, 2.24) is 77.7 Å². The second-order valence-corrected chi connectivity index (χ2v) is 44.4. The number of carbonyl (C=O) groups excluding carboxylic acids is 1. The maximum Gasteiger partial charge on any atom is 0.147 e. The smallest absolute Gasteiger partial charge is 0.147 e. The largest absolute Gasteiger partial charge is 0.383 e. The minimum absolute atomic E-state index is 0.0244. The Kier molecular flexibility index (Phi) is 25.9. The summed E-state index contributed by atoms with van der Waals surface area (Å²) in [5, 5.41) is 3.94. The van der Waals surface area contributed by atoms with Crippen molar-refractivity contribution in [3.05, 3.63) is 168 Å². The molecule has 0 amide bonds. The summed E-state index contributed by atoms with van der Waals surface area (Å²) in [6.45, 7) is 18.4. The van der Waals surface area contributed by atoms with Crippen molar-refractivity contribution in [3.63, 3.8) is 0 Å². The van der Waals surface area contributed by atoms with Crippen LogP contribution in [0.5, 0.6) is 0 Å². The fraction of sp³-hybridized carbons (Fsp3) is 0.479. The quantitative estimate of drug-likeness (QED) is 0.0354. The average Bonchev–Trinajstić information content (AvgIpc) is 1.61. The Morgan fingerprint density at radius 1 is 0.397 bits per heavy atom. The lowest BCUT2D eigenvalue weighted by Crippen LogP contribution is -2.43. The molecule has 4 aromatic carbocycles. The fourth-order valence-electron chi connectivity index (χ4n) is 19.6. The van der Waals surface area contributed by atoms with Crippen LogP contribution in [-0.4, -0.2) is 223 Å². The van der Waals surface area contributed by atoms with Crippen LogP contribution in [0.3, 0.4) is 0 Å². The van der Waals surface area contributed by atoms with Crippen molar-refractivity contribution >= 4 is 114 Å². The number of Topliss-reactive ketones (excluding diaryl/α,β-unsaturated/α-hetero) is 1. The molecule has 20 rings (SSSR count). The van der Waals surface area contributed by atoms with Crippen LogP contribution < -0.4 is 22.9 Å². The molecule has 0 atom stereocenters. The number of nitrogens with zero attached hydrogens (tertiary/aromatic N) is 16. The zero-order valence-electron chi connectivity index (χ0n) is 72.7. The Labute approximate surface area is 742 Å². The number of hydrogen-bond acceptors (Lipinski definition) is 23. The number of sulfone groups is 3. The first-order valence-electron chi connectivity index (χ1n) is 44.5. The van der Waals surface area contributed by atoms with E-state index in [0.29, 0.717) is 88.8 Å². The molecule has 4 saturated carbocycles. The van der Waals surface area contributed by atoms with Gasteiger partial charge in [-0.1, -0.05) is 71.8 Å². The van der Waals surface area contributed by atoms with Gasteiger partial charge in [0.05, 0.1) is 38.8 Å². The number of likely N-dealkylation sites (tertiary alicyclic amines) is 4. The lowest BCUT2D eigenvalue weighted by Gasteiger charge is -2.42. The predicted octanol–water partition coefficient (Wildman–Crippen LogP) is 13.7. The summed E-state index contributed by atoms with van der Waals surface area (Å²) in [6.07, 6.45) is 35.3. The molecule has 4 aliphatic carbocycles. The van der Waals surface area contributed by atoms with Gasteiger partial charge in [0.25, 0.3) is 0 Å². The Morgan fingerprint density at radius 2 is 0.706 bits per heavy atom. The van der Waals surface area contributed by atoms with Gasteiger partial charge in [-0.15, -0.1) is 0 Å². The molecule has 12 aromatic rings. The van der Waals surface area contributed by atoms with Gasteiger partial charge in [0.2, 0.25) is 0 Å². The Hall–Kier alpha value is -9.86. The van der Waals surface area contributed by atoms with Crippen LogP contribution in [0.2, 0.25) is 5.02 Å². The third-order valence-electron chi connectivity index (χ3n) is 27.1. The van der Waals surface area contributed by atoms with Crippen molar-refractivity contribution in [2.75, 3.05) is 137 Å². The first-order chi connectivity index (χ1) is 60.4. The number of anilines is 4. The number of rotatable bonds is 28. The Bertz CT molecular complexity index is 5930. The van der Waals surface area contributed by atoms with Gasteiger partial charge in [0.15, 0.2) is 0 Å². The molecule has 0 unspecified atom stereocenters. The van der Waals surface area contributed by atoms with Gasteiger partial charge in [0, 0.05) is 128 Å². The molecule has 8 N–H and O–H groups in total. The van der Waals surface area contributed by atoms with Crippen molar-refractivity contribution in [3.8, 4) is 44.5 Å². The highest BCUT2D eigenvalue weighted by atomic mass is 35.5. The number of halogens is 2. The number of carbonyl (C=O) groups is 1. The summed E-state index contributed by atoms with van der Waals surface area (Å²) < 4.78 is 93.2. The summed E-state index contributed by atoms with van der Waals surface area (Å²) in [5.74, 6) is 4.79. The minimum Gasteiger partial charge on any atom is -0.383 e. The molecule has 8 fully saturated rings. The molecule has 0 radical (unpaired) electrons. The average molecular weight is 1790 g/mol. The van der Waals surface area contributed by atoms with Crippen LogP contribution in [-0.2, 0) is 60.0 Å². The second kappa shape index (κ2) is 37.1. The molecule has 32 heteroatoms. The van der Waals surface area contributed by atoms with Crippen LogP contribution in [0.1, 0.15) is 142 Å². The lowest BCUT2D eigenvalue weighted by molar-refractivity contribution is -0.117. The molecule has 4 aliphatic heterocycles. The van der Waals surface area contributed by atoms with Crippen LogP contribution in [0, 0.1) is 36.4 Å². The normalized spacial score (nSPS) is 21.4. The highest BCUT2D eigenvalue weighted by Crippen LogP contribution is 2.49. The molecule has 8 aliphatic rings. The van der Waals surface area contributed by atoms with E-state index in [-0.39, 0.29) is 29.5 Å².